The maximum Gasteiger partial charge on any atom is 0.250 e. The van der Waals surface area contributed by atoms with Gasteiger partial charge in [-0.1, -0.05) is 22.9 Å². The number of methoxy groups -OCH3 is 1. The topological polar surface area (TPSA) is 94.6 Å². The number of benzene rings is 2. The smallest absolute Gasteiger partial charge is 0.250 e. The van der Waals surface area contributed by atoms with Gasteiger partial charge in [0.05, 0.1) is 33.3 Å². The largest absolute Gasteiger partial charge is 0.493 e. The first kappa shape index (κ1) is 23.1. The van der Waals surface area contributed by atoms with Crippen LogP contribution in [0.25, 0.3) is 16.3 Å². The van der Waals surface area contributed by atoms with Crippen LogP contribution >= 0.6 is 22.9 Å². The first-order valence-electron chi connectivity index (χ1n) is 9.20. The Balaban J connectivity index is 1.77. The van der Waals surface area contributed by atoms with Crippen molar-refractivity contribution in [3.8, 4) is 11.5 Å². The van der Waals surface area contributed by atoms with Crippen molar-refractivity contribution in [1.29, 1.82) is 0 Å². The molecule has 0 spiro atoms. The minimum Gasteiger partial charge on any atom is -0.493 e. The maximum absolute atomic E-state index is 12.3. The summed E-state index contributed by atoms with van der Waals surface area (Å²) in [6.07, 6.45) is 4.02. The van der Waals surface area contributed by atoms with E-state index in [2.05, 4.69) is 10.3 Å². The molecule has 3 rings (SSSR count). The minimum atomic E-state index is -3.32. The van der Waals surface area contributed by atoms with Gasteiger partial charge in [0.15, 0.2) is 26.5 Å². The van der Waals surface area contributed by atoms with E-state index in [1.165, 1.54) is 30.6 Å². The Hall–Kier alpha value is -2.62. The summed E-state index contributed by atoms with van der Waals surface area (Å²) in [7, 11) is -1.80. The molecule has 0 aliphatic heterocycles. The Labute approximate surface area is 189 Å². The fraction of sp³-hybridized carbons (Fsp3) is 0.238. The number of nitrogens with zero attached hydrogens (tertiary/aromatic N) is 1. The number of sulfone groups is 1. The summed E-state index contributed by atoms with van der Waals surface area (Å²) >= 11 is 7.50. The molecule has 0 saturated heterocycles. The fourth-order valence-corrected chi connectivity index (χ4v) is 4.59. The molecule has 1 amide bonds. The SMILES string of the molecule is COc1cc(/C=C/C(=O)Nc2nc3ccc(S(C)(=O)=O)cc3s2)cc(Cl)c1OC(C)C. The number of amides is 1. The predicted octanol–water partition coefficient (Wildman–Crippen LogP) is 4.80. The highest BCUT2D eigenvalue weighted by molar-refractivity contribution is 7.90. The van der Waals surface area contributed by atoms with Gasteiger partial charge < -0.3 is 9.47 Å². The number of nitrogens with one attached hydrogen (secondary N) is 1. The molecule has 0 aliphatic rings. The van der Waals surface area contributed by atoms with Crippen LogP contribution in [0, 0.1) is 0 Å². The van der Waals surface area contributed by atoms with Gasteiger partial charge in [-0.25, -0.2) is 13.4 Å². The highest BCUT2D eigenvalue weighted by Gasteiger charge is 2.14. The van der Waals surface area contributed by atoms with Gasteiger partial charge in [0.2, 0.25) is 5.91 Å². The molecule has 1 aromatic heterocycles. The third-order valence-corrected chi connectivity index (χ3v) is 6.38. The molecule has 7 nitrogen and oxygen atoms in total. The Morgan fingerprint density at radius 2 is 2.00 bits per heavy atom. The first-order valence-corrected chi connectivity index (χ1v) is 12.3. The number of carbonyl (C=O) groups is 1. The third-order valence-electron chi connectivity index (χ3n) is 4.05. The molecule has 0 aliphatic carbocycles. The Kier molecular flexibility index (Phi) is 6.88. The highest BCUT2D eigenvalue weighted by atomic mass is 35.5. The summed E-state index contributed by atoms with van der Waals surface area (Å²) in [6.45, 7) is 3.77. The Morgan fingerprint density at radius 1 is 1.26 bits per heavy atom. The zero-order valence-corrected chi connectivity index (χ0v) is 19.7. The number of halogens is 1. The molecule has 1 heterocycles. The van der Waals surface area contributed by atoms with Crippen LogP contribution in [-0.2, 0) is 14.6 Å². The molecule has 0 atom stereocenters. The number of hydrogen-bond acceptors (Lipinski definition) is 7. The molecule has 3 aromatic rings. The third kappa shape index (κ3) is 5.75. The Morgan fingerprint density at radius 3 is 2.65 bits per heavy atom. The molecule has 0 unspecified atom stereocenters. The van der Waals surface area contributed by atoms with Crippen molar-refractivity contribution < 1.29 is 22.7 Å². The molecule has 10 heteroatoms. The van der Waals surface area contributed by atoms with E-state index in [1.54, 1.807) is 30.3 Å². The number of hydrogen-bond donors (Lipinski definition) is 1. The van der Waals surface area contributed by atoms with Crippen LogP contribution in [0.4, 0.5) is 5.13 Å². The van der Waals surface area contributed by atoms with Gasteiger partial charge in [-0.2, -0.15) is 0 Å². The lowest BCUT2D eigenvalue weighted by Gasteiger charge is -2.15. The van der Waals surface area contributed by atoms with Crippen molar-refractivity contribution in [2.45, 2.75) is 24.8 Å². The lowest BCUT2D eigenvalue weighted by atomic mass is 10.2. The quantitative estimate of drug-likeness (QED) is 0.488. The van der Waals surface area contributed by atoms with Gasteiger partial charge in [-0.3, -0.25) is 10.1 Å². The van der Waals surface area contributed by atoms with Crippen LogP contribution in [0.3, 0.4) is 0 Å². The summed E-state index contributed by atoms with van der Waals surface area (Å²) in [5.41, 5.74) is 1.27. The minimum absolute atomic E-state index is 0.0686. The number of thiazole rings is 1. The summed E-state index contributed by atoms with van der Waals surface area (Å²) in [4.78, 5) is 16.8. The number of anilines is 1. The van der Waals surface area contributed by atoms with Crippen molar-refractivity contribution in [3.05, 3.63) is 47.0 Å². The van der Waals surface area contributed by atoms with Crippen LogP contribution in [0.15, 0.2) is 41.3 Å². The van der Waals surface area contributed by atoms with Crippen molar-refractivity contribution >= 4 is 60.1 Å². The van der Waals surface area contributed by atoms with Gasteiger partial charge in [0.25, 0.3) is 0 Å². The van der Waals surface area contributed by atoms with Crippen molar-refractivity contribution in [2.24, 2.45) is 0 Å². The highest BCUT2D eigenvalue weighted by Crippen LogP contribution is 2.37. The molecule has 0 fully saturated rings. The number of ether oxygens (including phenoxy) is 2. The van der Waals surface area contributed by atoms with Crippen molar-refractivity contribution in [1.82, 2.24) is 4.98 Å². The molecular weight excluding hydrogens is 460 g/mol. The lowest BCUT2D eigenvalue weighted by Crippen LogP contribution is -2.08. The Bertz CT molecular complexity index is 1270. The second kappa shape index (κ2) is 9.25. The van der Waals surface area contributed by atoms with Crippen LogP contribution in [-0.4, -0.2) is 38.8 Å². The number of aromatic nitrogens is 1. The summed E-state index contributed by atoms with van der Waals surface area (Å²) in [5.74, 6) is 0.526. The lowest BCUT2D eigenvalue weighted by molar-refractivity contribution is -0.111. The summed E-state index contributed by atoms with van der Waals surface area (Å²) < 4.78 is 35.1. The first-order chi connectivity index (χ1) is 14.6. The van der Waals surface area contributed by atoms with Gasteiger partial charge in [-0.15, -0.1) is 0 Å². The van der Waals surface area contributed by atoms with E-state index in [9.17, 15) is 13.2 Å². The second-order valence-electron chi connectivity index (χ2n) is 6.94. The van der Waals surface area contributed by atoms with Gasteiger partial charge in [-0.05, 0) is 55.8 Å². The van der Waals surface area contributed by atoms with Gasteiger partial charge in [0, 0.05) is 12.3 Å². The van der Waals surface area contributed by atoms with Crippen LogP contribution in [0.5, 0.6) is 11.5 Å². The molecule has 0 saturated carbocycles. The van der Waals surface area contributed by atoms with Crippen molar-refractivity contribution in [2.75, 3.05) is 18.7 Å². The number of rotatable bonds is 7. The molecule has 164 valence electrons. The molecule has 1 N–H and O–H groups in total. The second-order valence-corrected chi connectivity index (χ2v) is 10.4. The summed E-state index contributed by atoms with van der Waals surface area (Å²) in [5, 5.41) is 3.43. The number of carbonyl (C=O) groups excluding carboxylic acids is 1. The zero-order chi connectivity index (χ0) is 22.8. The zero-order valence-electron chi connectivity index (χ0n) is 17.3. The van der Waals surface area contributed by atoms with Gasteiger partial charge in [0.1, 0.15) is 0 Å². The molecule has 0 bridgehead atoms. The average Bonchev–Trinajstić information content (AvgIpc) is 3.08. The van der Waals surface area contributed by atoms with E-state index in [0.717, 1.165) is 6.26 Å². The van der Waals surface area contributed by atoms with E-state index in [-0.39, 0.29) is 16.9 Å². The van der Waals surface area contributed by atoms with Crippen LogP contribution in [0.2, 0.25) is 5.02 Å². The fourth-order valence-electron chi connectivity index (χ4n) is 2.69. The molecule has 2 aromatic carbocycles. The van der Waals surface area contributed by atoms with Gasteiger partial charge >= 0.3 is 0 Å². The van der Waals surface area contributed by atoms with E-state index in [1.807, 2.05) is 13.8 Å². The normalized spacial score (nSPS) is 11.9. The van der Waals surface area contributed by atoms with E-state index >= 15 is 0 Å². The maximum atomic E-state index is 12.3. The van der Waals surface area contributed by atoms with Crippen LogP contribution < -0.4 is 14.8 Å². The van der Waals surface area contributed by atoms with Crippen molar-refractivity contribution in [3.63, 3.8) is 0 Å². The average molecular weight is 481 g/mol. The molecular formula is C21H21ClN2O5S2. The van der Waals surface area contributed by atoms with E-state index in [0.29, 0.717) is 37.4 Å². The monoisotopic (exact) mass is 480 g/mol. The van der Waals surface area contributed by atoms with Crippen LogP contribution in [0.1, 0.15) is 19.4 Å². The summed E-state index contributed by atoms with van der Waals surface area (Å²) in [6, 6.07) is 8.05. The van der Waals surface area contributed by atoms with E-state index in [4.69, 9.17) is 21.1 Å². The van der Waals surface area contributed by atoms with E-state index < -0.39 is 9.84 Å². The molecule has 31 heavy (non-hydrogen) atoms. The predicted molar refractivity (Wildman–Crippen MR) is 124 cm³/mol. The number of fused-ring (bicyclic) bond motifs is 1. The molecule has 0 radical (unpaired) electrons. The standard InChI is InChI=1S/C21H21ClN2O5S2/c1-12(2)29-20-15(22)9-13(10-17(20)28-3)5-8-19(25)24-21-23-16-7-6-14(31(4,26)27)11-18(16)30-21/h5-12H,1-4H3,(H,23,24,25)/b8-5+.